The van der Waals surface area contributed by atoms with Crippen LogP contribution < -0.4 is 16.4 Å². The molecule has 0 aromatic heterocycles. The third-order valence-corrected chi connectivity index (χ3v) is 2.74. The first-order valence-electron chi connectivity index (χ1n) is 5.42. The number of anilines is 1. The Morgan fingerprint density at radius 2 is 1.75 bits per heavy atom. The van der Waals surface area contributed by atoms with Crippen molar-refractivity contribution in [2.45, 2.75) is 10.4 Å². The van der Waals surface area contributed by atoms with Crippen LogP contribution in [0.3, 0.4) is 0 Å². The van der Waals surface area contributed by atoms with Gasteiger partial charge in [0.25, 0.3) is 0 Å². The Hall–Kier alpha value is -1.74. The normalized spacial score (nSPS) is 11.0. The van der Waals surface area contributed by atoms with Gasteiger partial charge in [0.2, 0.25) is 11.8 Å². The molecule has 0 aliphatic heterocycles. The Balaban J connectivity index is 2.49. The summed E-state index contributed by atoms with van der Waals surface area (Å²) in [5.74, 6) is -0.972. The number of benzene rings is 1. The summed E-state index contributed by atoms with van der Waals surface area (Å²) in [4.78, 5) is 22.2. The number of amides is 2. The van der Waals surface area contributed by atoms with Gasteiger partial charge in [-0.05, 0) is 36.0 Å². The molecular weight excluding hydrogens is 295 g/mol. The smallest absolute Gasteiger partial charge is 0.346 e. The van der Waals surface area contributed by atoms with E-state index in [1.54, 1.807) is 0 Å². The molecule has 1 rings (SSSR count). The molecule has 0 spiro atoms. The summed E-state index contributed by atoms with van der Waals surface area (Å²) in [6.07, 6.45) is 0. The van der Waals surface area contributed by atoms with Crippen molar-refractivity contribution in [2.75, 3.05) is 18.4 Å². The maximum atomic E-state index is 12.1. The summed E-state index contributed by atoms with van der Waals surface area (Å²) in [6, 6.07) is 5.17. The summed E-state index contributed by atoms with van der Waals surface area (Å²) in [7, 11) is 0. The molecule has 0 aliphatic carbocycles. The lowest BCUT2D eigenvalue weighted by atomic mass is 10.3. The van der Waals surface area contributed by atoms with E-state index in [1.165, 1.54) is 24.3 Å². The predicted molar refractivity (Wildman–Crippen MR) is 69.0 cm³/mol. The minimum Gasteiger partial charge on any atom is -0.346 e. The summed E-state index contributed by atoms with van der Waals surface area (Å²) >= 11 is -0.238. The molecular formula is C11H12F3N3O2S. The standard InChI is InChI=1S/C11H12F3N3O2S/c12-11(13,14)20-8-3-1-7(2-4-8)17-10(19)6-16-9(18)5-15/h1-4H,5-6,15H2,(H,16,18)(H,17,19). The lowest BCUT2D eigenvalue weighted by Crippen LogP contribution is -2.36. The maximum Gasteiger partial charge on any atom is 0.446 e. The van der Waals surface area contributed by atoms with Gasteiger partial charge in [-0.15, -0.1) is 0 Å². The van der Waals surface area contributed by atoms with Crippen molar-refractivity contribution in [1.29, 1.82) is 0 Å². The number of nitrogens with two attached hydrogens (primary N) is 1. The molecule has 4 N–H and O–H groups in total. The van der Waals surface area contributed by atoms with E-state index in [1.807, 2.05) is 0 Å². The highest BCUT2D eigenvalue weighted by Crippen LogP contribution is 2.36. The largest absolute Gasteiger partial charge is 0.446 e. The van der Waals surface area contributed by atoms with Crippen molar-refractivity contribution >= 4 is 29.3 Å². The zero-order valence-electron chi connectivity index (χ0n) is 10.2. The van der Waals surface area contributed by atoms with Gasteiger partial charge in [-0.25, -0.2) is 0 Å². The summed E-state index contributed by atoms with van der Waals surface area (Å²) < 4.78 is 36.3. The molecule has 0 saturated carbocycles. The molecule has 1 aromatic rings. The van der Waals surface area contributed by atoms with Crippen molar-refractivity contribution in [3.8, 4) is 0 Å². The highest BCUT2D eigenvalue weighted by atomic mass is 32.2. The van der Waals surface area contributed by atoms with Crippen LogP contribution in [0.5, 0.6) is 0 Å². The Morgan fingerprint density at radius 3 is 2.25 bits per heavy atom. The van der Waals surface area contributed by atoms with Gasteiger partial charge in [-0.2, -0.15) is 13.2 Å². The maximum absolute atomic E-state index is 12.1. The average molecular weight is 307 g/mol. The van der Waals surface area contributed by atoms with Crippen LogP contribution in [0.4, 0.5) is 18.9 Å². The van der Waals surface area contributed by atoms with Gasteiger partial charge < -0.3 is 16.4 Å². The third kappa shape index (κ3) is 6.43. The zero-order chi connectivity index (χ0) is 15.2. The molecule has 5 nitrogen and oxygen atoms in total. The molecule has 0 radical (unpaired) electrons. The van der Waals surface area contributed by atoms with Gasteiger partial charge in [0, 0.05) is 10.6 Å². The molecule has 110 valence electrons. The van der Waals surface area contributed by atoms with Gasteiger partial charge in [0.15, 0.2) is 0 Å². The first-order chi connectivity index (χ1) is 9.30. The number of alkyl halides is 3. The van der Waals surface area contributed by atoms with Crippen LogP contribution in [-0.4, -0.2) is 30.4 Å². The van der Waals surface area contributed by atoms with Crippen LogP contribution in [0.1, 0.15) is 0 Å². The number of carbonyl (C=O) groups excluding carboxylic acids is 2. The SMILES string of the molecule is NCC(=O)NCC(=O)Nc1ccc(SC(F)(F)F)cc1. The van der Waals surface area contributed by atoms with Crippen molar-refractivity contribution in [1.82, 2.24) is 5.32 Å². The molecule has 2 amide bonds. The highest BCUT2D eigenvalue weighted by Gasteiger charge is 2.28. The lowest BCUT2D eigenvalue weighted by molar-refractivity contribution is -0.123. The van der Waals surface area contributed by atoms with Crippen LogP contribution >= 0.6 is 11.8 Å². The Bertz CT molecular complexity index is 477. The summed E-state index contributed by atoms with van der Waals surface area (Å²) in [6.45, 7) is -0.480. The number of halogens is 3. The number of thioether (sulfide) groups is 1. The third-order valence-electron chi connectivity index (χ3n) is 2.00. The van der Waals surface area contributed by atoms with Crippen LogP contribution in [0.15, 0.2) is 29.2 Å². The lowest BCUT2D eigenvalue weighted by Gasteiger charge is -2.08. The van der Waals surface area contributed by atoms with E-state index in [0.29, 0.717) is 5.69 Å². The van der Waals surface area contributed by atoms with E-state index >= 15 is 0 Å². The fraction of sp³-hybridized carbons (Fsp3) is 0.273. The van der Waals surface area contributed by atoms with Gasteiger partial charge in [-0.1, -0.05) is 0 Å². The van der Waals surface area contributed by atoms with Crippen molar-refractivity contribution in [2.24, 2.45) is 5.73 Å². The fourth-order valence-corrected chi connectivity index (χ4v) is 1.74. The van der Waals surface area contributed by atoms with Crippen molar-refractivity contribution in [3.05, 3.63) is 24.3 Å². The van der Waals surface area contributed by atoms with Gasteiger partial charge >= 0.3 is 5.51 Å². The molecule has 0 heterocycles. The van der Waals surface area contributed by atoms with Crippen LogP contribution in [0, 0.1) is 0 Å². The molecule has 9 heteroatoms. The molecule has 20 heavy (non-hydrogen) atoms. The quantitative estimate of drug-likeness (QED) is 0.716. The predicted octanol–water partition coefficient (Wildman–Crippen LogP) is 1.31. The van der Waals surface area contributed by atoms with E-state index in [-0.39, 0.29) is 29.7 Å². The van der Waals surface area contributed by atoms with Crippen molar-refractivity contribution in [3.63, 3.8) is 0 Å². The molecule has 0 fully saturated rings. The highest BCUT2D eigenvalue weighted by molar-refractivity contribution is 8.00. The Morgan fingerprint density at radius 1 is 1.15 bits per heavy atom. The molecule has 0 aliphatic rings. The van der Waals surface area contributed by atoms with E-state index < -0.39 is 17.3 Å². The molecule has 0 atom stereocenters. The molecule has 1 aromatic carbocycles. The Labute approximate surface area is 117 Å². The minimum absolute atomic E-state index is 0.0203. The number of carbonyl (C=O) groups is 2. The van der Waals surface area contributed by atoms with Crippen LogP contribution in [0.2, 0.25) is 0 Å². The minimum atomic E-state index is -4.35. The molecule has 0 bridgehead atoms. The van der Waals surface area contributed by atoms with Crippen LogP contribution in [0.25, 0.3) is 0 Å². The molecule has 0 saturated heterocycles. The second-order valence-electron chi connectivity index (χ2n) is 3.60. The van der Waals surface area contributed by atoms with Crippen LogP contribution in [-0.2, 0) is 9.59 Å². The van der Waals surface area contributed by atoms with Gasteiger partial charge in [-0.3, -0.25) is 9.59 Å². The van der Waals surface area contributed by atoms with Gasteiger partial charge in [0.1, 0.15) is 0 Å². The van der Waals surface area contributed by atoms with E-state index in [2.05, 4.69) is 10.6 Å². The second kappa shape index (κ2) is 7.15. The number of rotatable bonds is 5. The van der Waals surface area contributed by atoms with Crippen molar-refractivity contribution < 1.29 is 22.8 Å². The second-order valence-corrected chi connectivity index (χ2v) is 4.74. The zero-order valence-corrected chi connectivity index (χ0v) is 11.0. The first kappa shape index (κ1) is 16.3. The summed E-state index contributed by atoms with van der Waals surface area (Å²) in [5.41, 5.74) is 1.03. The average Bonchev–Trinajstić information content (AvgIpc) is 2.36. The van der Waals surface area contributed by atoms with Gasteiger partial charge in [0.05, 0.1) is 13.1 Å². The number of nitrogens with one attached hydrogen (secondary N) is 2. The van der Waals surface area contributed by atoms with E-state index in [0.717, 1.165) is 0 Å². The Kier molecular flexibility index (Phi) is 5.83. The topological polar surface area (TPSA) is 84.2 Å². The molecule has 0 unspecified atom stereocenters. The number of hydrogen-bond donors (Lipinski definition) is 3. The van der Waals surface area contributed by atoms with E-state index in [9.17, 15) is 22.8 Å². The number of hydrogen-bond acceptors (Lipinski definition) is 4. The monoisotopic (exact) mass is 307 g/mol. The first-order valence-corrected chi connectivity index (χ1v) is 6.24. The van der Waals surface area contributed by atoms with E-state index in [4.69, 9.17) is 5.73 Å². The summed E-state index contributed by atoms with van der Waals surface area (Å²) in [5, 5.41) is 4.69. The fourth-order valence-electron chi connectivity index (χ4n) is 1.20.